The van der Waals surface area contributed by atoms with Crippen LogP contribution in [-0.4, -0.2) is 30.1 Å². The first-order valence-corrected chi connectivity index (χ1v) is 9.43. The Morgan fingerprint density at radius 1 is 0.897 bits per heavy atom. The first-order valence-electron chi connectivity index (χ1n) is 9.43. The molecule has 0 saturated carbocycles. The molecular formula is C22H27N3O4. The van der Waals surface area contributed by atoms with Crippen LogP contribution in [0.15, 0.2) is 48.5 Å². The molecule has 2 rings (SSSR count). The number of carbonyl (C=O) groups excluding carboxylic acids is 3. The number of carbonyl (C=O) groups is 3. The summed E-state index contributed by atoms with van der Waals surface area (Å²) in [4.78, 5) is 36.3. The van der Waals surface area contributed by atoms with Crippen molar-refractivity contribution in [2.45, 2.75) is 39.8 Å². The van der Waals surface area contributed by atoms with Crippen LogP contribution < -0.4 is 16.0 Å². The average molecular weight is 397 g/mol. The molecule has 29 heavy (non-hydrogen) atoms. The fourth-order valence-corrected chi connectivity index (χ4v) is 2.53. The van der Waals surface area contributed by atoms with E-state index in [2.05, 4.69) is 16.0 Å². The monoisotopic (exact) mass is 397 g/mol. The maximum atomic E-state index is 12.5. The molecule has 3 amide bonds. The SMILES string of the molecule is CCNC(=O)c1cccc(CNC(=O)c2cccc(NC(=O)OC(C)(C)C)c2)c1. The van der Waals surface area contributed by atoms with E-state index in [9.17, 15) is 14.4 Å². The third kappa shape index (κ3) is 7.29. The zero-order valence-corrected chi connectivity index (χ0v) is 17.2. The van der Waals surface area contributed by atoms with Crippen molar-refractivity contribution in [3.8, 4) is 0 Å². The molecule has 0 heterocycles. The fourth-order valence-electron chi connectivity index (χ4n) is 2.53. The minimum Gasteiger partial charge on any atom is -0.444 e. The standard InChI is InChI=1S/C22H27N3O4/c1-5-23-19(26)16-9-6-8-15(12-16)14-24-20(27)17-10-7-11-18(13-17)25-21(28)29-22(2,3)4/h6-13H,5,14H2,1-4H3,(H,23,26)(H,24,27)(H,25,28). The molecule has 0 aliphatic heterocycles. The van der Waals surface area contributed by atoms with Crippen LogP contribution in [0.3, 0.4) is 0 Å². The Balaban J connectivity index is 1.98. The van der Waals surface area contributed by atoms with Gasteiger partial charge in [-0.1, -0.05) is 18.2 Å². The highest BCUT2D eigenvalue weighted by atomic mass is 16.6. The topological polar surface area (TPSA) is 96.5 Å². The molecule has 0 bridgehead atoms. The Hall–Kier alpha value is -3.35. The lowest BCUT2D eigenvalue weighted by molar-refractivity contribution is 0.0635. The van der Waals surface area contributed by atoms with Crippen molar-refractivity contribution >= 4 is 23.6 Å². The summed E-state index contributed by atoms with van der Waals surface area (Å²) < 4.78 is 5.21. The molecule has 0 aliphatic rings. The number of hydrogen-bond donors (Lipinski definition) is 3. The van der Waals surface area contributed by atoms with Crippen LogP contribution in [0.2, 0.25) is 0 Å². The normalized spacial score (nSPS) is 10.8. The molecule has 7 heteroatoms. The molecule has 0 spiro atoms. The number of ether oxygens (including phenoxy) is 1. The van der Waals surface area contributed by atoms with Crippen molar-refractivity contribution in [3.05, 3.63) is 65.2 Å². The largest absolute Gasteiger partial charge is 0.444 e. The van der Waals surface area contributed by atoms with Crippen LogP contribution in [0.1, 0.15) is 54.0 Å². The lowest BCUT2D eigenvalue weighted by atomic mass is 10.1. The van der Waals surface area contributed by atoms with Crippen LogP contribution in [0, 0.1) is 0 Å². The molecule has 2 aromatic rings. The van der Waals surface area contributed by atoms with Gasteiger partial charge in [0.25, 0.3) is 11.8 Å². The van der Waals surface area contributed by atoms with E-state index in [1.165, 1.54) is 0 Å². The average Bonchev–Trinajstić information content (AvgIpc) is 2.65. The Bertz CT molecular complexity index is 888. The van der Waals surface area contributed by atoms with E-state index in [1.54, 1.807) is 63.2 Å². The van der Waals surface area contributed by atoms with Gasteiger partial charge in [0.05, 0.1) is 0 Å². The number of amides is 3. The Morgan fingerprint density at radius 3 is 2.17 bits per heavy atom. The third-order valence-corrected chi connectivity index (χ3v) is 3.75. The molecular weight excluding hydrogens is 370 g/mol. The lowest BCUT2D eigenvalue weighted by Crippen LogP contribution is -2.27. The first kappa shape index (κ1) is 21.9. The van der Waals surface area contributed by atoms with Crippen molar-refractivity contribution in [1.82, 2.24) is 10.6 Å². The summed E-state index contributed by atoms with van der Waals surface area (Å²) in [5.74, 6) is -0.442. The predicted molar refractivity (Wildman–Crippen MR) is 112 cm³/mol. The van der Waals surface area contributed by atoms with Gasteiger partial charge in [-0.2, -0.15) is 0 Å². The highest BCUT2D eigenvalue weighted by Crippen LogP contribution is 2.14. The smallest absolute Gasteiger partial charge is 0.412 e. The second-order valence-corrected chi connectivity index (χ2v) is 7.45. The number of rotatable bonds is 6. The predicted octanol–water partition coefficient (Wildman–Crippen LogP) is 3.71. The van der Waals surface area contributed by atoms with E-state index < -0.39 is 11.7 Å². The second-order valence-electron chi connectivity index (χ2n) is 7.45. The van der Waals surface area contributed by atoms with Gasteiger partial charge in [-0.15, -0.1) is 0 Å². The second kappa shape index (κ2) is 9.73. The summed E-state index contributed by atoms with van der Waals surface area (Å²) in [6.07, 6.45) is -0.586. The van der Waals surface area contributed by atoms with Crippen LogP contribution in [-0.2, 0) is 11.3 Å². The summed E-state index contributed by atoms with van der Waals surface area (Å²) in [7, 11) is 0. The molecule has 0 aromatic heterocycles. The van der Waals surface area contributed by atoms with Crippen molar-refractivity contribution in [3.63, 3.8) is 0 Å². The minimum atomic E-state index is -0.609. The van der Waals surface area contributed by atoms with Gasteiger partial charge < -0.3 is 15.4 Å². The van der Waals surface area contributed by atoms with Gasteiger partial charge in [0.1, 0.15) is 5.60 Å². The molecule has 0 unspecified atom stereocenters. The highest BCUT2D eigenvalue weighted by Gasteiger charge is 2.16. The highest BCUT2D eigenvalue weighted by molar-refractivity contribution is 5.96. The molecule has 0 radical (unpaired) electrons. The van der Waals surface area contributed by atoms with Gasteiger partial charge in [-0.3, -0.25) is 14.9 Å². The number of benzene rings is 2. The van der Waals surface area contributed by atoms with Crippen molar-refractivity contribution in [2.24, 2.45) is 0 Å². The van der Waals surface area contributed by atoms with Gasteiger partial charge in [-0.05, 0) is 63.6 Å². The van der Waals surface area contributed by atoms with Gasteiger partial charge in [0, 0.05) is 29.9 Å². The number of hydrogen-bond acceptors (Lipinski definition) is 4. The third-order valence-electron chi connectivity index (χ3n) is 3.75. The Kier molecular flexibility index (Phi) is 7.36. The zero-order chi connectivity index (χ0) is 21.4. The van der Waals surface area contributed by atoms with Crippen LogP contribution >= 0.6 is 0 Å². The van der Waals surface area contributed by atoms with Gasteiger partial charge in [0.2, 0.25) is 0 Å². The quantitative estimate of drug-likeness (QED) is 0.692. The van der Waals surface area contributed by atoms with Crippen molar-refractivity contribution < 1.29 is 19.1 Å². The molecule has 7 nitrogen and oxygen atoms in total. The summed E-state index contributed by atoms with van der Waals surface area (Å²) >= 11 is 0. The summed E-state index contributed by atoms with van der Waals surface area (Å²) in [6.45, 7) is 8.00. The Labute approximate surface area is 170 Å². The summed E-state index contributed by atoms with van der Waals surface area (Å²) in [5.41, 5.74) is 1.61. The van der Waals surface area contributed by atoms with E-state index in [0.29, 0.717) is 23.4 Å². The first-order chi connectivity index (χ1) is 13.7. The minimum absolute atomic E-state index is 0.151. The molecule has 3 N–H and O–H groups in total. The van der Waals surface area contributed by atoms with Gasteiger partial charge in [0.15, 0.2) is 0 Å². The molecule has 0 atom stereocenters. The Morgan fingerprint density at radius 2 is 1.52 bits per heavy atom. The summed E-state index contributed by atoms with van der Waals surface area (Å²) in [5, 5.41) is 8.18. The van der Waals surface area contributed by atoms with Crippen molar-refractivity contribution in [1.29, 1.82) is 0 Å². The van der Waals surface area contributed by atoms with E-state index in [1.807, 2.05) is 13.0 Å². The van der Waals surface area contributed by atoms with Crippen LogP contribution in [0.25, 0.3) is 0 Å². The molecule has 0 fully saturated rings. The van der Waals surface area contributed by atoms with Gasteiger partial charge >= 0.3 is 6.09 Å². The molecule has 2 aromatic carbocycles. The molecule has 0 saturated heterocycles. The fraction of sp³-hybridized carbons (Fsp3) is 0.318. The number of nitrogens with one attached hydrogen (secondary N) is 3. The number of anilines is 1. The van der Waals surface area contributed by atoms with E-state index in [-0.39, 0.29) is 18.4 Å². The molecule has 154 valence electrons. The van der Waals surface area contributed by atoms with E-state index in [0.717, 1.165) is 5.56 Å². The van der Waals surface area contributed by atoms with Crippen LogP contribution in [0.4, 0.5) is 10.5 Å². The van der Waals surface area contributed by atoms with E-state index in [4.69, 9.17) is 4.74 Å². The van der Waals surface area contributed by atoms with Gasteiger partial charge in [-0.25, -0.2) is 4.79 Å². The van der Waals surface area contributed by atoms with Crippen molar-refractivity contribution in [2.75, 3.05) is 11.9 Å². The van der Waals surface area contributed by atoms with Crippen LogP contribution in [0.5, 0.6) is 0 Å². The maximum absolute atomic E-state index is 12.5. The van der Waals surface area contributed by atoms with E-state index >= 15 is 0 Å². The zero-order valence-electron chi connectivity index (χ0n) is 17.2. The molecule has 0 aliphatic carbocycles. The lowest BCUT2D eigenvalue weighted by Gasteiger charge is -2.19. The summed E-state index contributed by atoms with van der Waals surface area (Å²) in [6, 6.07) is 13.7. The maximum Gasteiger partial charge on any atom is 0.412 e.